The number of para-hydroxylation sites is 1. The van der Waals surface area contributed by atoms with Crippen molar-refractivity contribution < 1.29 is 9.59 Å². The van der Waals surface area contributed by atoms with Gasteiger partial charge in [-0.25, -0.2) is 4.68 Å². The molecule has 27 heavy (non-hydrogen) atoms. The standard InChI is InChI=1S/C19H20N6O2/c1-13(14-6-3-4-7-16(14)24-9-5-8-20-24)21-18(26)15-12-17-19(27)23(2)10-11-25(17)22-15/h3-9,12-13H,10-11H2,1-2H3,(H,21,26). The predicted molar refractivity (Wildman–Crippen MR) is 98.6 cm³/mol. The number of carbonyl (C=O) groups excluding carboxylic acids is 2. The molecule has 0 radical (unpaired) electrons. The zero-order valence-corrected chi connectivity index (χ0v) is 15.2. The van der Waals surface area contributed by atoms with Gasteiger partial charge in [0.1, 0.15) is 5.69 Å². The lowest BCUT2D eigenvalue weighted by Gasteiger charge is -2.22. The summed E-state index contributed by atoms with van der Waals surface area (Å²) in [6, 6.07) is 10.9. The molecule has 1 aromatic carbocycles. The molecule has 0 spiro atoms. The Bertz CT molecular complexity index is 992. The number of nitrogens with one attached hydrogen (secondary N) is 1. The minimum atomic E-state index is -0.310. The maximum absolute atomic E-state index is 12.7. The second-order valence-corrected chi connectivity index (χ2v) is 6.57. The summed E-state index contributed by atoms with van der Waals surface area (Å²) in [5, 5.41) is 11.5. The molecule has 0 aliphatic carbocycles. The van der Waals surface area contributed by atoms with E-state index in [1.807, 2.05) is 43.5 Å². The van der Waals surface area contributed by atoms with Crippen LogP contribution in [0.4, 0.5) is 0 Å². The Hall–Kier alpha value is -3.42. The van der Waals surface area contributed by atoms with Crippen LogP contribution >= 0.6 is 0 Å². The largest absolute Gasteiger partial charge is 0.344 e. The van der Waals surface area contributed by atoms with Crippen LogP contribution in [0, 0.1) is 0 Å². The van der Waals surface area contributed by atoms with Gasteiger partial charge in [0.15, 0.2) is 5.69 Å². The number of amides is 2. The summed E-state index contributed by atoms with van der Waals surface area (Å²) in [5.41, 5.74) is 2.53. The highest BCUT2D eigenvalue weighted by atomic mass is 16.2. The van der Waals surface area contributed by atoms with E-state index in [1.165, 1.54) is 0 Å². The molecule has 1 atom stereocenters. The van der Waals surface area contributed by atoms with E-state index in [0.717, 1.165) is 11.3 Å². The Morgan fingerprint density at radius 1 is 1.22 bits per heavy atom. The fraction of sp³-hybridized carbons (Fsp3) is 0.263. The van der Waals surface area contributed by atoms with Gasteiger partial charge in [0.25, 0.3) is 11.8 Å². The minimum Gasteiger partial charge on any atom is -0.344 e. The van der Waals surface area contributed by atoms with Crippen LogP contribution in [-0.2, 0) is 6.54 Å². The molecule has 8 heteroatoms. The first-order valence-electron chi connectivity index (χ1n) is 8.77. The van der Waals surface area contributed by atoms with Crippen LogP contribution in [0.2, 0.25) is 0 Å². The van der Waals surface area contributed by atoms with Gasteiger partial charge in [-0.3, -0.25) is 14.3 Å². The van der Waals surface area contributed by atoms with E-state index in [9.17, 15) is 9.59 Å². The Labute approximate surface area is 156 Å². The lowest BCUT2D eigenvalue weighted by atomic mass is 10.1. The van der Waals surface area contributed by atoms with Crippen molar-refractivity contribution in [3.63, 3.8) is 0 Å². The summed E-state index contributed by atoms with van der Waals surface area (Å²) in [6.07, 6.45) is 3.57. The van der Waals surface area contributed by atoms with Gasteiger partial charge in [0.2, 0.25) is 0 Å². The average Bonchev–Trinajstić information content (AvgIpc) is 3.35. The van der Waals surface area contributed by atoms with E-state index in [0.29, 0.717) is 18.8 Å². The van der Waals surface area contributed by atoms with Gasteiger partial charge in [0.05, 0.1) is 18.3 Å². The molecular formula is C19H20N6O2. The van der Waals surface area contributed by atoms with Crippen LogP contribution in [0.1, 0.15) is 39.5 Å². The summed E-state index contributed by atoms with van der Waals surface area (Å²) in [4.78, 5) is 26.5. The summed E-state index contributed by atoms with van der Waals surface area (Å²) in [7, 11) is 1.74. The summed E-state index contributed by atoms with van der Waals surface area (Å²) < 4.78 is 3.36. The van der Waals surface area contributed by atoms with Gasteiger partial charge in [-0.05, 0) is 24.6 Å². The first-order chi connectivity index (χ1) is 13.0. The smallest absolute Gasteiger partial charge is 0.272 e. The number of fused-ring (bicyclic) bond motifs is 1. The topological polar surface area (TPSA) is 85.0 Å². The second kappa shape index (κ2) is 6.71. The molecule has 2 aromatic heterocycles. The van der Waals surface area contributed by atoms with Crippen molar-refractivity contribution in [1.82, 2.24) is 29.8 Å². The van der Waals surface area contributed by atoms with E-state index in [2.05, 4.69) is 15.5 Å². The normalized spacial score (nSPS) is 14.7. The molecule has 3 heterocycles. The summed E-state index contributed by atoms with van der Waals surface area (Å²) in [5.74, 6) is -0.431. The molecule has 8 nitrogen and oxygen atoms in total. The molecule has 2 amide bonds. The molecule has 3 aromatic rings. The molecule has 4 rings (SSSR count). The Kier molecular flexibility index (Phi) is 4.23. The minimum absolute atomic E-state index is 0.120. The SMILES string of the molecule is CC(NC(=O)c1cc2n(n1)CCN(C)C2=O)c1ccccc1-n1cccn1. The average molecular weight is 364 g/mol. The molecule has 0 fully saturated rings. The number of carbonyl (C=O) groups is 2. The number of hydrogen-bond donors (Lipinski definition) is 1. The monoisotopic (exact) mass is 364 g/mol. The number of nitrogens with zero attached hydrogens (tertiary/aromatic N) is 5. The lowest BCUT2D eigenvalue weighted by molar-refractivity contribution is 0.0742. The third-order valence-corrected chi connectivity index (χ3v) is 4.73. The highest BCUT2D eigenvalue weighted by Crippen LogP contribution is 2.21. The van der Waals surface area contributed by atoms with Gasteiger partial charge >= 0.3 is 0 Å². The van der Waals surface area contributed by atoms with E-state index >= 15 is 0 Å². The fourth-order valence-corrected chi connectivity index (χ4v) is 3.23. The van der Waals surface area contributed by atoms with Crippen LogP contribution in [0.3, 0.4) is 0 Å². The zero-order valence-electron chi connectivity index (χ0n) is 15.2. The molecule has 1 aliphatic heterocycles. The molecule has 1 unspecified atom stereocenters. The molecule has 1 N–H and O–H groups in total. The highest BCUT2D eigenvalue weighted by Gasteiger charge is 2.26. The molecule has 0 saturated carbocycles. The second-order valence-electron chi connectivity index (χ2n) is 6.57. The summed E-state index contributed by atoms with van der Waals surface area (Å²) >= 11 is 0. The molecule has 0 saturated heterocycles. The zero-order chi connectivity index (χ0) is 19.0. The van der Waals surface area contributed by atoms with Crippen molar-refractivity contribution in [3.05, 3.63) is 65.7 Å². The number of hydrogen-bond acceptors (Lipinski definition) is 4. The number of rotatable bonds is 4. The molecule has 0 bridgehead atoms. The van der Waals surface area contributed by atoms with Crippen LogP contribution in [0.15, 0.2) is 48.8 Å². The number of benzene rings is 1. The van der Waals surface area contributed by atoms with Gasteiger partial charge in [-0.2, -0.15) is 10.2 Å². The maximum Gasteiger partial charge on any atom is 0.272 e. The van der Waals surface area contributed by atoms with Crippen LogP contribution in [0.5, 0.6) is 0 Å². The molecule has 1 aliphatic rings. The quantitative estimate of drug-likeness (QED) is 0.763. The van der Waals surface area contributed by atoms with E-state index in [4.69, 9.17) is 0 Å². The van der Waals surface area contributed by atoms with Gasteiger partial charge in [-0.15, -0.1) is 0 Å². The van der Waals surface area contributed by atoms with Gasteiger partial charge in [0, 0.05) is 32.1 Å². The van der Waals surface area contributed by atoms with Crippen LogP contribution < -0.4 is 5.32 Å². The molecular weight excluding hydrogens is 344 g/mol. The maximum atomic E-state index is 12.7. The lowest BCUT2D eigenvalue weighted by Crippen LogP contribution is -2.37. The van der Waals surface area contributed by atoms with Gasteiger partial charge < -0.3 is 10.2 Å². The third-order valence-electron chi connectivity index (χ3n) is 4.73. The first-order valence-corrected chi connectivity index (χ1v) is 8.77. The molecule has 138 valence electrons. The van der Waals surface area contributed by atoms with E-state index in [1.54, 1.807) is 33.6 Å². The van der Waals surface area contributed by atoms with Crippen LogP contribution in [0.25, 0.3) is 5.69 Å². The van der Waals surface area contributed by atoms with Crippen molar-refractivity contribution >= 4 is 11.8 Å². The number of likely N-dealkylation sites (N-methyl/N-ethyl adjacent to an activating group) is 1. The Balaban J connectivity index is 1.56. The first kappa shape index (κ1) is 17.0. The van der Waals surface area contributed by atoms with Crippen molar-refractivity contribution in [3.8, 4) is 5.69 Å². The van der Waals surface area contributed by atoms with Crippen LogP contribution in [-0.4, -0.2) is 49.9 Å². The third kappa shape index (κ3) is 3.10. The highest BCUT2D eigenvalue weighted by molar-refractivity contribution is 5.98. The van der Waals surface area contributed by atoms with Crippen molar-refractivity contribution in [2.24, 2.45) is 0 Å². The Morgan fingerprint density at radius 2 is 2.04 bits per heavy atom. The Morgan fingerprint density at radius 3 is 2.81 bits per heavy atom. The van der Waals surface area contributed by atoms with E-state index in [-0.39, 0.29) is 23.6 Å². The van der Waals surface area contributed by atoms with Gasteiger partial charge in [-0.1, -0.05) is 18.2 Å². The van der Waals surface area contributed by atoms with E-state index < -0.39 is 0 Å². The summed E-state index contributed by atoms with van der Waals surface area (Å²) in [6.45, 7) is 3.08. The van der Waals surface area contributed by atoms with Crippen molar-refractivity contribution in [2.45, 2.75) is 19.5 Å². The van der Waals surface area contributed by atoms with Crippen molar-refractivity contribution in [2.75, 3.05) is 13.6 Å². The number of aromatic nitrogens is 4. The van der Waals surface area contributed by atoms with Crippen molar-refractivity contribution in [1.29, 1.82) is 0 Å². The fourth-order valence-electron chi connectivity index (χ4n) is 3.23. The predicted octanol–water partition coefficient (Wildman–Crippen LogP) is 1.65.